The summed E-state index contributed by atoms with van der Waals surface area (Å²) in [4.78, 5) is 38.2. The summed E-state index contributed by atoms with van der Waals surface area (Å²) in [5.74, 6) is -0.978. The molecule has 0 aromatic carbocycles. The van der Waals surface area contributed by atoms with Crippen LogP contribution in [0.5, 0.6) is 0 Å². The van der Waals surface area contributed by atoms with Crippen molar-refractivity contribution in [2.24, 2.45) is 0 Å². The topological polar surface area (TPSA) is 88.6 Å². The first kappa shape index (κ1) is 14.1. The summed E-state index contributed by atoms with van der Waals surface area (Å²) < 4.78 is 1.44. The lowest BCUT2D eigenvalue weighted by molar-refractivity contribution is -0.155. The minimum Gasteiger partial charge on any atom is -0.398 e. The molecule has 1 aromatic rings. The van der Waals surface area contributed by atoms with Crippen molar-refractivity contribution in [2.75, 3.05) is 31.9 Å². The number of carbonyl (C=O) groups is 2. The maximum Gasteiger partial charge on any atom is 0.312 e. The number of carbonyl (C=O) groups excluding carboxylic acids is 2. The molecule has 1 aliphatic rings. The lowest BCUT2D eigenvalue weighted by Crippen LogP contribution is -2.54. The predicted molar refractivity (Wildman–Crippen MR) is 73.9 cm³/mol. The number of likely N-dealkylation sites (N-methyl/N-ethyl adjacent to an activating group) is 1. The number of nitrogens with two attached hydrogens (primary N) is 1. The summed E-state index contributed by atoms with van der Waals surface area (Å²) in [5, 5.41) is 0. The van der Waals surface area contributed by atoms with Crippen LogP contribution in [-0.2, 0) is 16.1 Å². The van der Waals surface area contributed by atoms with E-state index in [9.17, 15) is 14.4 Å². The molecule has 7 heteroatoms. The zero-order valence-electron chi connectivity index (χ0n) is 11.4. The molecule has 2 heterocycles. The molecule has 0 atom stereocenters. The van der Waals surface area contributed by atoms with Crippen molar-refractivity contribution in [3.05, 3.63) is 28.7 Å². The maximum atomic E-state index is 11.9. The summed E-state index contributed by atoms with van der Waals surface area (Å²) >= 11 is 0. The minimum absolute atomic E-state index is 0.176. The van der Waals surface area contributed by atoms with E-state index in [-0.39, 0.29) is 5.56 Å². The van der Waals surface area contributed by atoms with E-state index < -0.39 is 11.8 Å². The van der Waals surface area contributed by atoms with Crippen molar-refractivity contribution >= 4 is 17.5 Å². The van der Waals surface area contributed by atoms with Gasteiger partial charge in [-0.2, -0.15) is 0 Å². The minimum atomic E-state index is -0.505. The molecule has 0 aliphatic carbocycles. The van der Waals surface area contributed by atoms with Crippen LogP contribution in [-0.4, -0.2) is 52.4 Å². The normalized spacial score (nSPS) is 15.8. The average Bonchev–Trinajstić information content (AvgIpc) is 2.44. The van der Waals surface area contributed by atoms with Crippen LogP contribution in [0.4, 0.5) is 5.69 Å². The number of nitrogen functional groups attached to an aromatic ring is 1. The van der Waals surface area contributed by atoms with E-state index in [1.54, 1.807) is 0 Å². The van der Waals surface area contributed by atoms with Gasteiger partial charge in [-0.25, -0.2) is 0 Å². The number of pyridine rings is 1. The fraction of sp³-hybridized carbons (Fsp3) is 0.462. The van der Waals surface area contributed by atoms with Crippen LogP contribution in [0.25, 0.3) is 0 Å². The van der Waals surface area contributed by atoms with Gasteiger partial charge < -0.3 is 20.1 Å². The predicted octanol–water partition coefficient (Wildman–Crippen LogP) is -0.879. The second-order valence-corrected chi connectivity index (χ2v) is 4.67. The summed E-state index contributed by atoms with van der Waals surface area (Å²) in [7, 11) is 0. The van der Waals surface area contributed by atoms with Crippen molar-refractivity contribution < 1.29 is 9.59 Å². The molecule has 0 unspecified atom stereocenters. The SMILES string of the molecule is CCN1CCN(CCn2cc(N)ccc2=O)C(=O)C1=O. The molecule has 1 aromatic heterocycles. The Kier molecular flexibility index (Phi) is 4.07. The molecule has 2 N–H and O–H groups in total. The van der Waals surface area contributed by atoms with Crippen LogP contribution in [0.3, 0.4) is 0 Å². The lowest BCUT2D eigenvalue weighted by atomic mass is 10.3. The monoisotopic (exact) mass is 278 g/mol. The van der Waals surface area contributed by atoms with Gasteiger partial charge in [0.1, 0.15) is 0 Å². The number of rotatable bonds is 4. The van der Waals surface area contributed by atoms with Crippen molar-refractivity contribution in [3.63, 3.8) is 0 Å². The molecule has 0 spiro atoms. The van der Waals surface area contributed by atoms with Gasteiger partial charge in [-0.15, -0.1) is 0 Å². The summed E-state index contributed by atoms with van der Waals surface area (Å²) in [6.07, 6.45) is 1.54. The molecule has 2 amide bonds. The van der Waals surface area contributed by atoms with Crippen LogP contribution < -0.4 is 11.3 Å². The Morgan fingerprint density at radius 1 is 1.05 bits per heavy atom. The maximum absolute atomic E-state index is 11.9. The molecule has 108 valence electrons. The quantitative estimate of drug-likeness (QED) is 0.724. The first-order chi connectivity index (χ1) is 9.52. The second kappa shape index (κ2) is 5.77. The second-order valence-electron chi connectivity index (χ2n) is 4.67. The number of amides is 2. The van der Waals surface area contributed by atoms with Crippen molar-refractivity contribution in [2.45, 2.75) is 13.5 Å². The van der Waals surface area contributed by atoms with Crippen molar-refractivity contribution in [1.82, 2.24) is 14.4 Å². The molecule has 0 radical (unpaired) electrons. The molecule has 1 fully saturated rings. The van der Waals surface area contributed by atoms with Crippen molar-refractivity contribution in [3.8, 4) is 0 Å². The molecule has 1 saturated heterocycles. The van der Waals surface area contributed by atoms with E-state index in [0.29, 0.717) is 38.4 Å². The van der Waals surface area contributed by atoms with E-state index in [4.69, 9.17) is 5.73 Å². The average molecular weight is 278 g/mol. The van der Waals surface area contributed by atoms with Crippen LogP contribution in [0.15, 0.2) is 23.1 Å². The standard InChI is InChI=1S/C13H18N4O3/c1-2-15-5-6-16(13(20)12(15)19)7-8-17-9-10(14)3-4-11(17)18/h3-4,9H,2,5-8,14H2,1H3. The van der Waals surface area contributed by atoms with E-state index >= 15 is 0 Å². The molecule has 20 heavy (non-hydrogen) atoms. The van der Waals surface area contributed by atoms with Gasteiger partial charge in [-0.1, -0.05) is 0 Å². The van der Waals surface area contributed by atoms with Crippen LogP contribution >= 0.6 is 0 Å². The highest BCUT2D eigenvalue weighted by atomic mass is 16.2. The zero-order valence-corrected chi connectivity index (χ0v) is 11.4. The number of aromatic nitrogens is 1. The van der Waals surface area contributed by atoms with E-state index in [0.717, 1.165) is 0 Å². The number of piperazine rings is 1. The summed E-state index contributed by atoms with van der Waals surface area (Å²) in [6, 6.07) is 2.92. The van der Waals surface area contributed by atoms with Gasteiger partial charge in [0.2, 0.25) is 0 Å². The van der Waals surface area contributed by atoms with E-state index in [1.165, 1.54) is 32.7 Å². The lowest BCUT2D eigenvalue weighted by Gasteiger charge is -2.33. The molecular weight excluding hydrogens is 260 g/mol. The first-order valence-electron chi connectivity index (χ1n) is 6.57. The molecule has 7 nitrogen and oxygen atoms in total. The largest absolute Gasteiger partial charge is 0.398 e. The fourth-order valence-electron chi connectivity index (χ4n) is 2.18. The molecule has 0 saturated carbocycles. The van der Waals surface area contributed by atoms with Crippen LogP contribution in [0.2, 0.25) is 0 Å². The summed E-state index contributed by atoms with van der Waals surface area (Å²) in [5.41, 5.74) is 5.93. The van der Waals surface area contributed by atoms with E-state index in [2.05, 4.69) is 0 Å². The van der Waals surface area contributed by atoms with Gasteiger partial charge in [0.05, 0.1) is 0 Å². The Morgan fingerprint density at radius 2 is 1.70 bits per heavy atom. The van der Waals surface area contributed by atoms with E-state index in [1.807, 2.05) is 6.92 Å². The van der Waals surface area contributed by atoms with Gasteiger partial charge in [-0.3, -0.25) is 14.4 Å². The Labute approximate surface area is 116 Å². The Balaban J connectivity index is 2.01. The highest BCUT2D eigenvalue weighted by molar-refractivity contribution is 6.35. The number of hydrogen-bond donors (Lipinski definition) is 1. The highest BCUT2D eigenvalue weighted by Crippen LogP contribution is 2.05. The van der Waals surface area contributed by atoms with Gasteiger partial charge in [0, 0.05) is 50.7 Å². The van der Waals surface area contributed by atoms with Gasteiger partial charge in [0.15, 0.2) is 0 Å². The van der Waals surface area contributed by atoms with Crippen molar-refractivity contribution in [1.29, 1.82) is 0 Å². The van der Waals surface area contributed by atoms with Gasteiger partial charge in [0.25, 0.3) is 5.56 Å². The Bertz CT molecular complexity index is 581. The van der Waals surface area contributed by atoms with Crippen LogP contribution in [0, 0.1) is 0 Å². The van der Waals surface area contributed by atoms with Gasteiger partial charge >= 0.3 is 11.8 Å². The van der Waals surface area contributed by atoms with Crippen LogP contribution in [0.1, 0.15) is 6.92 Å². The molecule has 0 bridgehead atoms. The number of nitrogens with zero attached hydrogens (tertiary/aromatic N) is 3. The third kappa shape index (κ3) is 2.81. The molecule has 2 rings (SSSR count). The fourth-order valence-corrected chi connectivity index (χ4v) is 2.18. The summed E-state index contributed by atoms with van der Waals surface area (Å²) in [6.45, 7) is 4.06. The molecule has 1 aliphatic heterocycles. The van der Waals surface area contributed by atoms with Gasteiger partial charge in [-0.05, 0) is 13.0 Å². The third-order valence-electron chi connectivity index (χ3n) is 3.40. The first-order valence-corrected chi connectivity index (χ1v) is 6.57. The third-order valence-corrected chi connectivity index (χ3v) is 3.40. The smallest absolute Gasteiger partial charge is 0.312 e. The molecular formula is C13H18N4O3. The number of hydrogen-bond acceptors (Lipinski definition) is 4. The zero-order chi connectivity index (χ0) is 14.7. The Morgan fingerprint density at radius 3 is 2.40 bits per heavy atom. The highest BCUT2D eigenvalue weighted by Gasteiger charge is 2.31. The number of anilines is 1. The Hall–Kier alpha value is -2.31.